The lowest BCUT2D eigenvalue weighted by atomic mass is 10.0. The number of benzene rings is 2. The van der Waals surface area contributed by atoms with Gasteiger partial charge in [-0.3, -0.25) is 14.5 Å². The number of ether oxygens (including phenoxy) is 1. The van der Waals surface area contributed by atoms with Crippen LogP contribution in [-0.4, -0.2) is 33.4 Å². The molecule has 1 unspecified atom stereocenters. The van der Waals surface area contributed by atoms with Gasteiger partial charge in [0, 0.05) is 27.9 Å². The summed E-state index contributed by atoms with van der Waals surface area (Å²) in [6.07, 6.45) is 2.51. The maximum atomic E-state index is 13.6. The van der Waals surface area contributed by atoms with E-state index in [0.29, 0.717) is 12.8 Å². The Bertz CT molecular complexity index is 1310. The molecule has 0 saturated carbocycles. The highest BCUT2D eigenvalue weighted by molar-refractivity contribution is 9.10. The van der Waals surface area contributed by atoms with Crippen molar-refractivity contribution in [1.29, 1.82) is 0 Å². The number of rotatable bonds is 4. The fourth-order valence-corrected chi connectivity index (χ4v) is 4.65. The Kier molecular flexibility index (Phi) is 4.98. The molecule has 0 aliphatic carbocycles. The van der Waals surface area contributed by atoms with Crippen LogP contribution in [0, 0.1) is 0 Å². The van der Waals surface area contributed by atoms with Gasteiger partial charge in [0.05, 0.1) is 19.2 Å². The fourth-order valence-electron chi connectivity index (χ4n) is 4.30. The number of aromatic nitrogens is 2. The highest BCUT2D eigenvalue weighted by Crippen LogP contribution is 2.36. The third kappa shape index (κ3) is 3.39. The molecule has 1 aliphatic heterocycles. The van der Waals surface area contributed by atoms with Crippen LogP contribution in [0.2, 0.25) is 0 Å². The van der Waals surface area contributed by atoms with Crippen molar-refractivity contribution in [2.24, 2.45) is 0 Å². The number of imide groups is 1. The molecule has 2 amide bonds. The second-order valence-electron chi connectivity index (χ2n) is 7.63. The van der Waals surface area contributed by atoms with E-state index in [-0.39, 0.29) is 18.4 Å². The summed E-state index contributed by atoms with van der Waals surface area (Å²) in [6, 6.07) is 16.9. The number of carbonyl (C=O) groups excluding carboxylic acids is 2. The molecule has 5 rings (SSSR count). The summed E-state index contributed by atoms with van der Waals surface area (Å²) in [6.45, 7) is 0.242. The minimum atomic E-state index is -0.486. The van der Waals surface area contributed by atoms with Crippen molar-refractivity contribution < 1.29 is 14.3 Å². The van der Waals surface area contributed by atoms with E-state index in [1.165, 1.54) is 4.90 Å². The molecular weight excluding hydrogens is 458 g/mol. The van der Waals surface area contributed by atoms with E-state index in [9.17, 15) is 9.59 Å². The zero-order chi connectivity index (χ0) is 21.5. The molecule has 156 valence electrons. The lowest BCUT2D eigenvalue weighted by molar-refractivity contribution is -0.151. The van der Waals surface area contributed by atoms with E-state index in [2.05, 4.69) is 20.9 Å². The number of piperidine rings is 1. The highest BCUT2D eigenvalue weighted by Gasteiger charge is 2.37. The van der Waals surface area contributed by atoms with Gasteiger partial charge in [-0.1, -0.05) is 34.1 Å². The van der Waals surface area contributed by atoms with Crippen molar-refractivity contribution >= 4 is 49.7 Å². The Hall–Kier alpha value is -3.19. The average molecular weight is 478 g/mol. The van der Waals surface area contributed by atoms with Crippen molar-refractivity contribution in [2.75, 3.05) is 7.11 Å². The van der Waals surface area contributed by atoms with Crippen LogP contribution < -0.4 is 4.74 Å². The van der Waals surface area contributed by atoms with Gasteiger partial charge >= 0.3 is 0 Å². The zero-order valence-electron chi connectivity index (χ0n) is 16.9. The Balaban J connectivity index is 1.57. The van der Waals surface area contributed by atoms with Crippen LogP contribution >= 0.6 is 15.9 Å². The molecule has 4 aromatic rings. The number of hydrogen-bond acceptors (Lipinski definition) is 4. The summed E-state index contributed by atoms with van der Waals surface area (Å²) in [5.41, 5.74) is 2.57. The largest absolute Gasteiger partial charge is 0.497 e. The fraction of sp³-hybridized carbons (Fsp3) is 0.208. The number of hydrogen-bond donors (Lipinski definition) is 0. The lowest BCUT2D eigenvalue weighted by Crippen LogP contribution is -2.45. The van der Waals surface area contributed by atoms with Gasteiger partial charge in [-0.25, -0.2) is 4.98 Å². The number of methoxy groups -OCH3 is 1. The first-order valence-electron chi connectivity index (χ1n) is 10.1. The quantitative estimate of drug-likeness (QED) is 0.394. The Morgan fingerprint density at radius 1 is 1.10 bits per heavy atom. The standard InChI is InChI=1S/C24H20BrN3O3/c1-31-17-7-4-15(5-8-17)14-27-22(29)11-10-20(24(27)30)28-21-13-16(25)6-9-18(21)19-3-2-12-26-23(19)28/h2-9,12-13,20H,10-11,14H2,1H3. The molecule has 2 aromatic carbocycles. The van der Waals surface area contributed by atoms with Gasteiger partial charge in [-0.05, 0) is 48.4 Å². The number of amides is 2. The van der Waals surface area contributed by atoms with Crippen molar-refractivity contribution in [2.45, 2.75) is 25.4 Å². The number of pyridine rings is 1. The van der Waals surface area contributed by atoms with E-state index >= 15 is 0 Å². The highest BCUT2D eigenvalue weighted by atomic mass is 79.9. The number of likely N-dealkylation sites (tertiary alicyclic amines) is 1. The molecule has 0 radical (unpaired) electrons. The summed E-state index contributed by atoms with van der Waals surface area (Å²) >= 11 is 3.55. The molecule has 0 bridgehead atoms. The number of nitrogens with zero attached hydrogens (tertiary/aromatic N) is 3. The van der Waals surface area contributed by atoms with Crippen LogP contribution in [0.5, 0.6) is 5.75 Å². The van der Waals surface area contributed by atoms with Crippen LogP contribution in [0.25, 0.3) is 21.9 Å². The second kappa shape index (κ2) is 7.81. The molecule has 6 nitrogen and oxygen atoms in total. The van der Waals surface area contributed by atoms with Gasteiger partial charge in [0.15, 0.2) is 0 Å². The van der Waals surface area contributed by atoms with Crippen LogP contribution in [0.4, 0.5) is 0 Å². The van der Waals surface area contributed by atoms with Gasteiger partial charge in [-0.15, -0.1) is 0 Å². The first kappa shape index (κ1) is 19.8. The minimum absolute atomic E-state index is 0.146. The molecule has 3 heterocycles. The van der Waals surface area contributed by atoms with Crippen molar-refractivity contribution in [3.05, 3.63) is 70.8 Å². The maximum Gasteiger partial charge on any atom is 0.252 e. The number of fused-ring (bicyclic) bond motifs is 3. The molecule has 0 spiro atoms. The topological polar surface area (TPSA) is 64.4 Å². The molecule has 7 heteroatoms. The summed E-state index contributed by atoms with van der Waals surface area (Å²) in [4.78, 5) is 32.2. The first-order chi connectivity index (χ1) is 15.1. The molecule has 31 heavy (non-hydrogen) atoms. The minimum Gasteiger partial charge on any atom is -0.497 e. The van der Waals surface area contributed by atoms with Crippen LogP contribution in [0.3, 0.4) is 0 Å². The van der Waals surface area contributed by atoms with Crippen LogP contribution in [-0.2, 0) is 16.1 Å². The van der Waals surface area contributed by atoms with Gasteiger partial charge in [0.2, 0.25) is 5.91 Å². The van der Waals surface area contributed by atoms with Gasteiger partial charge in [0.25, 0.3) is 5.91 Å². The zero-order valence-corrected chi connectivity index (χ0v) is 18.5. The van der Waals surface area contributed by atoms with Gasteiger partial charge in [-0.2, -0.15) is 0 Å². The average Bonchev–Trinajstić information content (AvgIpc) is 3.10. The first-order valence-corrected chi connectivity index (χ1v) is 10.9. The summed E-state index contributed by atoms with van der Waals surface area (Å²) < 4.78 is 8.12. The van der Waals surface area contributed by atoms with Gasteiger partial charge in [0.1, 0.15) is 17.4 Å². The van der Waals surface area contributed by atoms with Gasteiger partial charge < -0.3 is 9.30 Å². The number of carbonyl (C=O) groups is 2. The predicted molar refractivity (Wildman–Crippen MR) is 122 cm³/mol. The third-order valence-corrected chi connectivity index (χ3v) is 6.31. The van der Waals surface area contributed by atoms with Crippen molar-refractivity contribution in [3.63, 3.8) is 0 Å². The molecule has 1 atom stereocenters. The second-order valence-corrected chi connectivity index (χ2v) is 8.54. The molecule has 2 aromatic heterocycles. The molecule has 0 N–H and O–H groups in total. The molecule has 1 saturated heterocycles. The summed E-state index contributed by atoms with van der Waals surface area (Å²) in [5.74, 6) is 0.392. The van der Waals surface area contributed by atoms with E-state index in [1.54, 1.807) is 13.3 Å². The van der Waals surface area contributed by atoms with Crippen LogP contribution in [0.1, 0.15) is 24.4 Å². The normalized spacial score (nSPS) is 17.0. The molecule has 1 fully saturated rings. The summed E-state index contributed by atoms with van der Waals surface area (Å²) in [5, 5.41) is 2.04. The lowest BCUT2D eigenvalue weighted by Gasteiger charge is -2.32. The number of halogens is 1. The Labute approximate surface area is 187 Å². The van der Waals surface area contributed by atoms with E-state index in [4.69, 9.17) is 4.74 Å². The van der Waals surface area contributed by atoms with E-state index in [0.717, 1.165) is 37.7 Å². The SMILES string of the molecule is COc1ccc(CN2C(=O)CCC(n3c4cc(Br)ccc4c4cccnc43)C2=O)cc1. The smallest absolute Gasteiger partial charge is 0.252 e. The van der Waals surface area contributed by atoms with Crippen molar-refractivity contribution in [1.82, 2.24) is 14.5 Å². The maximum absolute atomic E-state index is 13.6. The predicted octanol–water partition coefficient (Wildman–Crippen LogP) is 4.85. The molecular formula is C24H20BrN3O3. The monoisotopic (exact) mass is 477 g/mol. The summed E-state index contributed by atoms with van der Waals surface area (Å²) in [7, 11) is 1.61. The van der Waals surface area contributed by atoms with Crippen molar-refractivity contribution in [3.8, 4) is 5.75 Å². The third-order valence-electron chi connectivity index (χ3n) is 5.82. The Morgan fingerprint density at radius 2 is 1.90 bits per heavy atom. The Morgan fingerprint density at radius 3 is 2.68 bits per heavy atom. The van der Waals surface area contributed by atoms with Crippen LogP contribution in [0.15, 0.2) is 65.3 Å². The van der Waals surface area contributed by atoms with E-state index in [1.807, 2.05) is 59.2 Å². The molecule has 1 aliphatic rings. The van der Waals surface area contributed by atoms with E-state index < -0.39 is 6.04 Å².